The van der Waals surface area contributed by atoms with E-state index in [0.717, 1.165) is 12.8 Å². The van der Waals surface area contributed by atoms with Gasteiger partial charge in [0.1, 0.15) is 6.33 Å². The maximum atomic E-state index is 12.0. The molecule has 0 unspecified atom stereocenters. The molecule has 1 fully saturated rings. The Morgan fingerprint density at radius 3 is 2.36 bits per heavy atom. The fraction of sp³-hybridized carbons (Fsp3) is 0.600. The lowest BCUT2D eigenvalue weighted by atomic mass is 9.98. The van der Waals surface area contributed by atoms with Gasteiger partial charge >= 0.3 is 5.97 Å². The monoisotopic (exact) mass is 306 g/mol. The van der Waals surface area contributed by atoms with Gasteiger partial charge in [-0.05, 0) is 33.6 Å². The minimum atomic E-state index is -0.516. The Balaban J connectivity index is 1.78. The molecule has 0 spiro atoms. The topological polar surface area (TPSA) is 84.4 Å². The van der Waals surface area contributed by atoms with Crippen LogP contribution in [0.5, 0.6) is 0 Å². The van der Waals surface area contributed by atoms with E-state index in [0.29, 0.717) is 18.7 Å². The molecule has 0 bridgehead atoms. The Kier molecular flexibility index (Phi) is 5.07. The van der Waals surface area contributed by atoms with Crippen molar-refractivity contribution in [2.45, 2.75) is 39.7 Å². The molecule has 1 saturated heterocycles. The van der Waals surface area contributed by atoms with Crippen LogP contribution in [-0.4, -0.2) is 46.0 Å². The highest BCUT2D eigenvalue weighted by molar-refractivity contribution is 5.93. The van der Waals surface area contributed by atoms with E-state index in [1.807, 2.05) is 20.8 Å². The molecule has 0 saturated carbocycles. The number of rotatable bonds is 3. The van der Waals surface area contributed by atoms with Gasteiger partial charge in [0.2, 0.25) is 0 Å². The van der Waals surface area contributed by atoms with Crippen LogP contribution in [0.3, 0.4) is 0 Å². The van der Waals surface area contributed by atoms with Crippen molar-refractivity contribution in [2.75, 3.05) is 13.1 Å². The lowest BCUT2D eigenvalue weighted by Gasteiger charge is -2.32. The van der Waals surface area contributed by atoms with Crippen molar-refractivity contribution in [3.8, 4) is 0 Å². The lowest BCUT2D eigenvalue weighted by Crippen LogP contribution is -2.46. The molecule has 1 N–H and O–H groups in total. The molecule has 1 amide bonds. The van der Waals surface area contributed by atoms with Crippen molar-refractivity contribution < 1.29 is 14.4 Å². The number of aromatic nitrogens is 2. The van der Waals surface area contributed by atoms with Crippen molar-refractivity contribution in [3.63, 3.8) is 0 Å². The summed E-state index contributed by atoms with van der Waals surface area (Å²) in [5.41, 5.74) is -0.0673. The Labute approximate surface area is 130 Å². The molecule has 1 aliphatic rings. The van der Waals surface area contributed by atoms with E-state index in [-0.39, 0.29) is 17.9 Å². The first-order chi connectivity index (χ1) is 10.4. The molecule has 7 heteroatoms. The van der Waals surface area contributed by atoms with E-state index in [2.05, 4.69) is 15.3 Å². The smallest absolute Gasteiger partial charge is 0.330 e. The molecule has 120 valence electrons. The number of amides is 1. The van der Waals surface area contributed by atoms with Crippen molar-refractivity contribution in [2.24, 2.45) is 5.41 Å². The molecule has 2 rings (SSSR count). The van der Waals surface area contributed by atoms with Crippen LogP contribution in [0.15, 0.2) is 18.7 Å². The second-order valence-corrected chi connectivity index (χ2v) is 6.43. The van der Waals surface area contributed by atoms with Crippen molar-refractivity contribution >= 4 is 11.9 Å². The number of carbonyl (C=O) groups is 2. The summed E-state index contributed by atoms with van der Waals surface area (Å²) in [5.74, 6) is -0.415. The number of hydrogen-bond donors (Lipinski definition) is 1. The third-order valence-corrected chi connectivity index (χ3v) is 3.44. The first-order valence-electron chi connectivity index (χ1n) is 7.39. The third kappa shape index (κ3) is 4.49. The molecule has 7 nitrogen and oxygen atoms in total. The average Bonchev–Trinajstić information content (AvgIpc) is 2.49. The first kappa shape index (κ1) is 16.4. The predicted octanol–water partition coefficient (Wildman–Crippen LogP) is 1.18. The molecule has 2 heterocycles. The van der Waals surface area contributed by atoms with E-state index in [4.69, 9.17) is 4.84 Å². The van der Waals surface area contributed by atoms with Gasteiger partial charge in [-0.25, -0.2) is 14.8 Å². The molecule has 0 radical (unpaired) electrons. The van der Waals surface area contributed by atoms with Crippen LogP contribution in [0.2, 0.25) is 0 Å². The standard InChI is InChI=1S/C15H22N4O3/c1-15(2,3)14(21)22-19-6-4-12(5-7-19)18-13(20)11-8-16-10-17-9-11/h8-10,12H,4-7H2,1-3H3,(H,18,20). The highest BCUT2D eigenvalue weighted by Gasteiger charge is 2.28. The summed E-state index contributed by atoms with van der Waals surface area (Å²) < 4.78 is 0. The van der Waals surface area contributed by atoms with E-state index < -0.39 is 5.41 Å². The fourth-order valence-corrected chi connectivity index (χ4v) is 2.03. The van der Waals surface area contributed by atoms with Gasteiger partial charge in [0.05, 0.1) is 11.0 Å². The molecular formula is C15H22N4O3. The Bertz CT molecular complexity index is 519. The number of carbonyl (C=O) groups excluding carboxylic acids is 2. The van der Waals surface area contributed by atoms with E-state index in [1.54, 1.807) is 5.06 Å². The van der Waals surface area contributed by atoms with Gasteiger partial charge in [-0.1, -0.05) is 0 Å². The van der Waals surface area contributed by atoms with Gasteiger partial charge in [0.15, 0.2) is 0 Å². The number of nitrogens with one attached hydrogen (secondary N) is 1. The lowest BCUT2D eigenvalue weighted by molar-refractivity contribution is -0.204. The number of nitrogens with zero attached hydrogens (tertiary/aromatic N) is 3. The Morgan fingerprint density at radius 1 is 1.23 bits per heavy atom. The summed E-state index contributed by atoms with van der Waals surface area (Å²) in [6.07, 6.45) is 5.83. The quantitative estimate of drug-likeness (QED) is 0.902. The van der Waals surface area contributed by atoms with Gasteiger partial charge in [0, 0.05) is 31.5 Å². The third-order valence-electron chi connectivity index (χ3n) is 3.44. The van der Waals surface area contributed by atoms with Gasteiger partial charge in [0.25, 0.3) is 5.91 Å². The first-order valence-corrected chi connectivity index (χ1v) is 7.39. The largest absolute Gasteiger partial charge is 0.367 e. The second-order valence-electron chi connectivity index (χ2n) is 6.43. The van der Waals surface area contributed by atoms with Crippen molar-refractivity contribution in [1.29, 1.82) is 0 Å². The minimum absolute atomic E-state index is 0.0669. The van der Waals surface area contributed by atoms with E-state index in [1.165, 1.54) is 18.7 Å². The highest BCUT2D eigenvalue weighted by atomic mass is 16.7. The van der Waals surface area contributed by atoms with Crippen LogP contribution >= 0.6 is 0 Å². The van der Waals surface area contributed by atoms with Gasteiger partial charge in [-0.3, -0.25) is 4.79 Å². The maximum absolute atomic E-state index is 12.0. The summed E-state index contributed by atoms with van der Waals surface area (Å²) in [7, 11) is 0. The SMILES string of the molecule is CC(C)(C)C(=O)ON1CCC(NC(=O)c2cncnc2)CC1. The maximum Gasteiger partial charge on any atom is 0.330 e. The number of hydrogen-bond acceptors (Lipinski definition) is 6. The molecule has 22 heavy (non-hydrogen) atoms. The summed E-state index contributed by atoms with van der Waals surface area (Å²) >= 11 is 0. The van der Waals surface area contributed by atoms with Crippen LogP contribution in [0, 0.1) is 5.41 Å². The summed E-state index contributed by atoms with van der Waals surface area (Å²) in [4.78, 5) is 36.9. The molecule has 0 atom stereocenters. The van der Waals surface area contributed by atoms with Gasteiger partial charge < -0.3 is 10.2 Å². The molecule has 1 aromatic rings. The average molecular weight is 306 g/mol. The van der Waals surface area contributed by atoms with E-state index >= 15 is 0 Å². The van der Waals surface area contributed by atoms with Gasteiger partial charge in [-0.15, -0.1) is 5.06 Å². The molecule has 0 aliphatic carbocycles. The number of hydroxylamine groups is 2. The van der Waals surface area contributed by atoms with Crippen LogP contribution in [0.25, 0.3) is 0 Å². The number of piperidine rings is 1. The molecule has 1 aromatic heterocycles. The molecular weight excluding hydrogens is 284 g/mol. The zero-order valence-electron chi connectivity index (χ0n) is 13.2. The Hall–Kier alpha value is -2.02. The zero-order valence-corrected chi connectivity index (χ0v) is 13.2. The minimum Gasteiger partial charge on any atom is -0.367 e. The molecule has 1 aliphatic heterocycles. The second kappa shape index (κ2) is 6.83. The van der Waals surface area contributed by atoms with Crippen LogP contribution in [-0.2, 0) is 9.63 Å². The van der Waals surface area contributed by atoms with E-state index in [9.17, 15) is 9.59 Å². The van der Waals surface area contributed by atoms with Gasteiger partial charge in [-0.2, -0.15) is 0 Å². The zero-order chi connectivity index (χ0) is 16.2. The summed E-state index contributed by atoms with van der Waals surface area (Å²) in [6.45, 7) is 6.69. The van der Waals surface area contributed by atoms with Crippen molar-refractivity contribution in [3.05, 3.63) is 24.3 Å². The van der Waals surface area contributed by atoms with Crippen LogP contribution in [0.4, 0.5) is 0 Å². The van der Waals surface area contributed by atoms with Crippen LogP contribution in [0.1, 0.15) is 44.0 Å². The normalized spacial score (nSPS) is 17.0. The summed E-state index contributed by atoms with van der Waals surface area (Å²) in [6, 6.07) is 0.0669. The summed E-state index contributed by atoms with van der Waals surface area (Å²) in [5, 5.41) is 4.62. The Morgan fingerprint density at radius 2 is 1.82 bits per heavy atom. The van der Waals surface area contributed by atoms with Crippen LogP contribution < -0.4 is 5.32 Å². The predicted molar refractivity (Wildman–Crippen MR) is 79.6 cm³/mol. The molecule has 0 aromatic carbocycles. The fourth-order valence-electron chi connectivity index (χ4n) is 2.03. The highest BCUT2D eigenvalue weighted by Crippen LogP contribution is 2.18. The van der Waals surface area contributed by atoms with Crippen molar-refractivity contribution in [1.82, 2.24) is 20.3 Å².